The minimum absolute atomic E-state index is 0.0505. The maximum atomic E-state index is 12.4. The van der Waals surface area contributed by atoms with Gasteiger partial charge in [-0.25, -0.2) is 10.2 Å². The number of esters is 1. The van der Waals surface area contributed by atoms with Gasteiger partial charge in [0, 0.05) is 5.69 Å². The van der Waals surface area contributed by atoms with Crippen LogP contribution in [0.5, 0.6) is 0 Å². The highest BCUT2D eigenvalue weighted by Gasteiger charge is 2.31. The number of ether oxygens (including phenoxy) is 2. The number of rotatable bonds is 7. The molecular weight excluding hydrogens is 358 g/mol. The molecule has 2 N–H and O–H groups in total. The van der Waals surface area contributed by atoms with E-state index in [1.807, 2.05) is 60.7 Å². The van der Waals surface area contributed by atoms with E-state index in [0.29, 0.717) is 5.71 Å². The molecule has 1 amide bonds. The molecular formula is C21H21N3O4. The third kappa shape index (κ3) is 4.97. The molecule has 1 aliphatic rings. The van der Waals surface area contributed by atoms with Crippen molar-refractivity contribution < 1.29 is 19.1 Å². The number of hydrazone groups is 1. The van der Waals surface area contributed by atoms with Gasteiger partial charge in [0.2, 0.25) is 11.8 Å². The Kier molecular flexibility index (Phi) is 6.41. The molecule has 0 aromatic heterocycles. The molecule has 0 saturated heterocycles. The second kappa shape index (κ2) is 9.36. The Balaban J connectivity index is 1.75. The number of carbonyl (C=O) groups excluding carboxylic acids is 2. The number of amides is 1. The van der Waals surface area contributed by atoms with E-state index in [1.54, 1.807) is 6.92 Å². The van der Waals surface area contributed by atoms with Gasteiger partial charge in [0.05, 0.1) is 13.0 Å². The summed E-state index contributed by atoms with van der Waals surface area (Å²) in [6.45, 7) is 1.99. The molecule has 0 fully saturated rings. The zero-order valence-corrected chi connectivity index (χ0v) is 15.5. The average Bonchev–Trinajstić information content (AvgIpc) is 3.10. The Morgan fingerprint density at radius 2 is 1.75 bits per heavy atom. The predicted molar refractivity (Wildman–Crippen MR) is 105 cm³/mol. The van der Waals surface area contributed by atoms with E-state index in [2.05, 4.69) is 15.8 Å². The average molecular weight is 379 g/mol. The first kappa shape index (κ1) is 19.2. The van der Waals surface area contributed by atoms with Crippen LogP contribution >= 0.6 is 0 Å². The van der Waals surface area contributed by atoms with Gasteiger partial charge in [0.15, 0.2) is 0 Å². The lowest BCUT2D eigenvalue weighted by Gasteiger charge is -2.08. The van der Waals surface area contributed by atoms with Crippen LogP contribution in [0, 0.1) is 0 Å². The number of carbonyl (C=O) groups is 2. The van der Waals surface area contributed by atoms with Gasteiger partial charge in [-0.1, -0.05) is 48.5 Å². The maximum Gasteiger partial charge on any atom is 0.345 e. The van der Waals surface area contributed by atoms with E-state index in [4.69, 9.17) is 9.47 Å². The van der Waals surface area contributed by atoms with Crippen molar-refractivity contribution in [1.29, 1.82) is 0 Å². The van der Waals surface area contributed by atoms with Crippen LogP contribution in [0.25, 0.3) is 0 Å². The van der Waals surface area contributed by atoms with Crippen LogP contribution in [0.1, 0.15) is 12.5 Å². The quantitative estimate of drug-likeness (QED) is 0.570. The van der Waals surface area contributed by atoms with Crippen molar-refractivity contribution in [3.05, 3.63) is 77.7 Å². The highest BCUT2D eigenvalue weighted by Crippen LogP contribution is 2.21. The summed E-state index contributed by atoms with van der Waals surface area (Å²) in [7, 11) is 0. The Hall–Kier alpha value is -3.61. The largest absolute Gasteiger partial charge is 0.472 e. The summed E-state index contributed by atoms with van der Waals surface area (Å²) in [5.41, 5.74) is 4.59. The number of nitrogens with one attached hydrogen (secondary N) is 2. The van der Waals surface area contributed by atoms with Crippen molar-refractivity contribution in [1.82, 2.24) is 5.43 Å². The molecule has 0 atom stereocenters. The number of hydrogen-bond acceptors (Lipinski definition) is 6. The van der Waals surface area contributed by atoms with Gasteiger partial charge in [-0.05, 0) is 24.6 Å². The van der Waals surface area contributed by atoms with Crippen molar-refractivity contribution in [2.45, 2.75) is 13.3 Å². The molecule has 2 aromatic carbocycles. The predicted octanol–water partition coefficient (Wildman–Crippen LogP) is 2.62. The van der Waals surface area contributed by atoms with Crippen molar-refractivity contribution in [3.8, 4) is 0 Å². The van der Waals surface area contributed by atoms with Crippen molar-refractivity contribution in [2.75, 3.05) is 18.5 Å². The Labute approximate surface area is 163 Å². The van der Waals surface area contributed by atoms with E-state index in [9.17, 15) is 9.59 Å². The van der Waals surface area contributed by atoms with Crippen molar-refractivity contribution >= 4 is 23.3 Å². The smallest absolute Gasteiger partial charge is 0.345 e. The third-order valence-corrected chi connectivity index (χ3v) is 3.90. The lowest BCUT2D eigenvalue weighted by atomic mass is 10.1. The van der Waals surface area contributed by atoms with E-state index in [-0.39, 0.29) is 37.0 Å². The van der Waals surface area contributed by atoms with Crippen LogP contribution in [-0.4, -0.2) is 30.8 Å². The van der Waals surface area contributed by atoms with E-state index >= 15 is 0 Å². The molecule has 2 aromatic rings. The van der Waals surface area contributed by atoms with Crippen LogP contribution in [0.2, 0.25) is 0 Å². The summed E-state index contributed by atoms with van der Waals surface area (Å²) in [4.78, 5) is 24.5. The highest BCUT2D eigenvalue weighted by atomic mass is 16.5. The summed E-state index contributed by atoms with van der Waals surface area (Å²) in [5, 5.41) is 7.14. The van der Waals surface area contributed by atoms with Gasteiger partial charge in [-0.15, -0.1) is 0 Å². The van der Waals surface area contributed by atoms with E-state index in [1.165, 1.54) is 0 Å². The number of para-hydroxylation sites is 1. The fourth-order valence-corrected chi connectivity index (χ4v) is 2.62. The van der Waals surface area contributed by atoms with Gasteiger partial charge in [-0.3, -0.25) is 4.79 Å². The molecule has 0 aliphatic carbocycles. The molecule has 0 saturated carbocycles. The minimum atomic E-state index is -0.561. The van der Waals surface area contributed by atoms with Crippen LogP contribution in [0.15, 0.2) is 77.2 Å². The lowest BCUT2D eigenvalue weighted by Crippen LogP contribution is -2.24. The number of anilines is 1. The first-order valence-corrected chi connectivity index (χ1v) is 8.93. The Morgan fingerprint density at radius 1 is 1.07 bits per heavy atom. The molecule has 0 bridgehead atoms. The molecule has 0 radical (unpaired) electrons. The lowest BCUT2D eigenvalue weighted by molar-refractivity contribution is -0.138. The maximum absolute atomic E-state index is 12.4. The summed E-state index contributed by atoms with van der Waals surface area (Å²) >= 11 is 0. The minimum Gasteiger partial charge on any atom is -0.472 e. The summed E-state index contributed by atoms with van der Waals surface area (Å²) in [5.74, 6) is -0.596. The molecule has 1 aliphatic heterocycles. The van der Waals surface area contributed by atoms with Gasteiger partial charge in [-0.2, -0.15) is 5.10 Å². The Morgan fingerprint density at radius 3 is 2.43 bits per heavy atom. The molecule has 7 nitrogen and oxygen atoms in total. The van der Waals surface area contributed by atoms with Gasteiger partial charge >= 0.3 is 5.97 Å². The van der Waals surface area contributed by atoms with Crippen LogP contribution in [0.4, 0.5) is 5.69 Å². The first-order valence-electron chi connectivity index (χ1n) is 8.93. The van der Waals surface area contributed by atoms with Crippen molar-refractivity contribution in [2.24, 2.45) is 5.10 Å². The zero-order valence-electron chi connectivity index (χ0n) is 15.5. The van der Waals surface area contributed by atoms with E-state index in [0.717, 1.165) is 11.3 Å². The summed E-state index contributed by atoms with van der Waals surface area (Å²) in [6, 6.07) is 18.6. The molecule has 3 rings (SSSR count). The van der Waals surface area contributed by atoms with Gasteiger partial charge in [0.1, 0.15) is 17.9 Å². The second-order valence-electron chi connectivity index (χ2n) is 5.96. The third-order valence-electron chi connectivity index (χ3n) is 3.90. The van der Waals surface area contributed by atoms with Crippen LogP contribution in [-0.2, 0) is 25.5 Å². The number of nitrogens with zero attached hydrogens (tertiary/aromatic N) is 1. The monoisotopic (exact) mass is 379 g/mol. The normalized spacial score (nSPS) is 14.5. The summed E-state index contributed by atoms with van der Waals surface area (Å²) < 4.78 is 10.7. The topological polar surface area (TPSA) is 89.0 Å². The highest BCUT2D eigenvalue weighted by molar-refractivity contribution is 6.22. The fraction of sp³-hybridized carbons (Fsp3) is 0.190. The summed E-state index contributed by atoms with van der Waals surface area (Å²) in [6.07, 6.45) is 0.187. The Bertz CT molecular complexity index is 892. The fourth-order valence-electron chi connectivity index (χ4n) is 2.62. The molecule has 0 unspecified atom stereocenters. The molecule has 7 heteroatoms. The molecule has 144 valence electrons. The van der Waals surface area contributed by atoms with Gasteiger partial charge in [0.25, 0.3) is 0 Å². The molecule has 28 heavy (non-hydrogen) atoms. The van der Waals surface area contributed by atoms with Crippen molar-refractivity contribution in [3.63, 3.8) is 0 Å². The SMILES string of the molecule is CCOC(=O)C1=C(Nc2ccccc2)OC/C1=N\NC(=O)Cc1ccccc1. The number of hydrogen-bond donors (Lipinski definition) is 2. The van der Waals surface area contributed by atoms with E-state index < -0.39 is 5.97 Å². The van der Waals surface area contributed by atoms with Gasteiger partial charge < -0.3 is 14.8 Å². The molecule has 1 heterocycles. The zero-order chi connectivity index (χ0) is 19.8. The standard InChI is InChI=1S/C21H21N3O4/c1-2-27-21(26)19-17(14-28-20(19)22-16-11-7-4-8-12-16)23-24-18(25)13-15-9-5-3-6-10-15/h3-12,22H,2,13-14H2,1H3,(H,24,25)/b23-17+. The second-order valence-corrected chi connectivity index (χ2v) is 5.96. The molecule has 0 spiro atoms. The van der Waals surface area contributed by atoms with Crippen LogP contribution < -0.4 is 10.7 Å². The number of benzene rings is 2. The first-order chi connectivity index (χ1) is 13.7. The van der Waals surface area contributed by atoms with Crippen LogP contribution in [0.3, 0.4) is 0 Å².